The number of carbonyl (C=O) groups excluding carboxylic acids is 1. The normalized spacial score (nSPS) is 27.8. The molecule has 6 rings (SSSR count). The molecule has 3 fully saturated rings. The van der Waals surface area contributed by atoms with Crippen LogP contribution in [0.4, 0.5) is 18.0 Å². The van der Waals surface area contributed by atoms with Crippen molar-refractivity contribution in [2.24, 2.45) is 5.92 Å². The number of ether oxygens (including phenoxy) is 1. The van der Waals surface area contributed by atoms with Crippen molar-refractivity contribution in [1.29, 1.82) is 0 Å². The first-order valence-corrected chi connectivity index (χ1v) is 11.6. The molecule has 3 aliphatic heterocycles. The molecule has 2 atom stereocenters. The lowest BCUT2D eigenvalue weighted by Gasteiger charge is -2.43. The van der Waals surface area contributed by atoms with Crippen molar-refractivity contribution in [1.82, 2.24) is 10.2 Å². The molecule has 176 valence electrons. The SMILES string of the molecule is CC1(C)CC(NC(=O)O[C@@H]2CN3CCC2CC3)c2ccc(-c3cccc(C(F)(F)F)c3)cc21. The average Bonchev–Trinajstić information content (AvgIpc) is 3.03. The zero-order valence-corrected chi connectivity index (χ0v) is 18.9. The van der Waals surface area contributed by atoms with Gasteiger partial charge in [0.2, 0.25) is 0 Å². The third-order valence-electron chi connectivity index (χ3n) is 7.54. The van der Waals surface area contributed by atoms with E-state index in [9.17, 15) is 18.0 Å². The van der Waals surface area contributed by atoms with Crippen LogP contribution < -0.4 is 5.32 Å². The predicted molar refractivity (Wildman–Crippen MR) is 120 cm³/mol. The molecule has 33 heavy (non-hydrogen) atoms. The van der Waals surface area contributed by atoms with Crippen LogP contribution in [0.15, 0.2) is 42.5 Å². The number of carbonyl (C=O) groups is 1. The highest BCUT2D eigenvalue weighted by molar-refractivity contribution is 5.70. The first-order valence-electron chi connectivity index (χ1n) is 11.6. The van der Waals surface area contributed by atoms with E-state index in [1.54, 1.807) is 6.07 Å². The molecule has 0 spiro atoms. The van der Waals surface area contributed by atoms with Crippen molar-refractivity contribution < 1.29 is 22.7 Å². The van der Waals surface area contributed by atoms with Crippen molar-refractivity contribution >= 4 is 6.09 Å². The number of fused-ring (bicyclic) bond motifs is 4. The van der Waals surface area contributed by atoms with Gasteiger partial charge in [-0.1, -0.05) is 44.2 Å². The maximum Gasteiger partial charge on any atom is 0.416 e. The molecule has 1 N–H and O–H groups in total. The quantitative estimate of drug-likeness (QED) is 0.621. The van der Waals surface area contributed by atoms with Crippen LogP contribution >= 0.6 is 0 Å². The van der Waals surface area contributed by atoms with Gasteiger partial charge in [0.25, 0.3) is 0 Å². The van der Waals surface area contributed by atoms with Gasteiger partial charge >= 0.3 is 12.3 Å². The van der Waals surface area contributed by atoms with E-state index < -0.39 is 11.7 Å². The van der Waals surface area contributed by atoms with Crippen molar-refractivity contribution in [3.63, 3.8) is 0 Å². The molecule has 1 unspecified atom stereocenters. The Morgan fingerprint density at radius 2 is 1.82 bits per heavy atom. The number of hydrogen-bond acceptors (Lipinski definition) is 3. The van der Waals surface area contributed by atoms with Crippen molar-refractivity contribution in [2.45, 2.75) is 56.8 Å². The monoisotopic (exact) mass is 458 g/mol. The lowest BCUT2D eigenvalue weighted by molar-refractivity contribution is -0.137. The molecule has 4 nitrogen and oxygen atoms in total. The molecule has 2 aromatic rings. The Kier molecular flexibility index (Phi) is 5.43. The number of hydrogen-bond donors (Lipinski definition) is 1. The molecule has 0 saturated carbocycles. The summed E-state index contributed by atoms with van der Waals surface area (Å²) in [6, 6.07) is 10.9. The van der Waals surface area contributed by atoms with Crippen molar-refractivity contribution in [2.75, 3.05) is 19.6 Å². The van der Waals surface area contributed by atoms with Crippen LogP contribution in [-0.4, -0.2) is 36.7 Å². The molecule has 1 amide bonds. The van der Waals surface area contributed by atoms with Crippen LogP contribution in [-0.2, 0) is 16.3 Å². The number of nitrogens with one attached hydrogen (secondary N) is 1. The molecule has 7 heteroatoms. The number of benzene rings is 2. The van der Waals surface area contributed by atoms with Crippen LogP contribution in [0.1, 0.15) is 55.8 Å². The van der Waals surface area contributed by atoms with Gasteiger partial charge in [0.05, 0.1) is 11.6 Å². The van der Waals surface area contributed by atoms with E-state index in [2.05, 4.69) is 24.1 Å². The fourth-order valence-corrected chi connectivity index (χ4v) is 5.72. The van der Waals surface area contributed by atoms with E-state index >= 15 is 0 Å². The molecular formula is C26H29F3N2O2. The number of alkyl carbamates (subject to hydrolysis) is 1. The van der Waals surface area contributed by atoms with Gasteiger partial charge in [0.15, 0.2) is 0 Å². The molecule has 3 saturated heterocycles. The molecule has 2 bridgehead atoms. The zero-order chi connectivity index (χ0) is 23.4. The minimum Gasteiger partial charge on any atom is -0.445 e. The van der Waals surface area contributed by atoms with Gasteiger partial charge in [-0.25, -0.2) is 4.79 Å². The summed E-state index contributed by atoms with van der Waals surface area (Å²) in [6.45, 7) is 7.19. The number of alkyl halides is 3. The Balaban J connectivity index is 1.34. The van der Waals surface area contributed by atoms with E-state index in [1.165, 1.54) is 12.1 Å². The summed E-state index contributed by atoms with van der Waals surface area (Å²) in [5.41, 5.74) is 2.44. The summed E-state index contributed by atoms with van der Waals surface area (Å²) in [5.74, 6) is 0.447. The highest BCUT2D eigenvalue weighted by Gasteiger charge is 2.40. The average molecular weight is 459 g/mol. The van der Waals surface area contributed by atoms with Crippen molar-refractivity contribution in [3.05, 3.63) is 59.2 Å². The summed E-state index contributed by atoms with van der Waals surface area (Å²) in [4.78, 5) is 15.1. The first-order chi connectivity index (χ1) is 15.6. The van der Waals surface area contributed by atoms with Gasteiger partial charge in [-0.15, -0.1) is 0 Å². The van der Waals surface area contributed by atoms with Crippen LogP contribution in [0.2, 0.25) is 0 Å². The molecular weight excluding hydrogens is 429 g/mol. The molecule has 0 radical (unpaired) electrons. The van der Waals surface area contributed by atoms with Gasteiger partial charge in [0, 0.05) is 6.54 Å². The van der Waals surface area contributed by atoms with E-state index in [0.29, 0.717) is 17.9 Å². The number of amides is 1. The van der Waals surface area contributed by atoms with Gasteiger partial charge < -0.3 is 10.1 Å². The van der Waals surface area contributed by atoms with E-state index in [4.69, 9.17) is 4.74 Å². The van der Waals surface area contributed by atoms with E-state index in [0.717, 1.165) is 55.2 Å². The standard InChI is InChI=1S/C26H29F3N2O2/c1-25(2)14-22(30-24(32)33-23-15-31-10-8-16(23)9-11-31)20-7-6-18(13-21(20)25)17-4-3-5-19(12-17)26(27,28)29/h3-7,12-13,16,22-23H,8-11,14-15H2,1-2H3,(H,30,32)/t22?,23-/m1/s1. The summed E-state index contributed by atoms with van der Waals surface area (Å²) in [5, 5.41) is 3.06. The smallest absolute Gasteiger partial charge is 0.416 e. The van der Waals surface area contributed by atoms with Crippen molar-refractivity contribution in [3.8, 4) is 11.1 Å². The largest absolute Gasteiger partial charge is 0.445 e. The Labute approximate surface area is 192 Å². The molecule has 2 aromatic carbocycles. The Morgan fingerprint density at radius 3 is 2.48 bits per heavy atom. The fraction of sp³-hybridized carbons (Fsp3) is 0.500. The summed E-state index contributed by atoms with van der Waals surface area (Å²) in [6.07, 6.45) is -1.94. The molecule has 4 aliphatic rings. The van der Waals surface area contributed by atoms with Gasteiger partial charge in [-0.05, 0) is 78.1 Å². The van der Waals surface area contributed by atoms with Gasteiger partial charge in [-0.2, -0.15) is 13.2 Å². The summed E-state index contributed by atoms with van der Waals surface area (Å²) < 4.78 is 45.3. The van der Waals surface area contributed by atoms with E-state index in [-0.39, 0.29) is 23.7 Å². The summed E-state index contributed by atoms with van der Waals surface area (Å²) >= 11 is 0. The number of halogens is 3. The minimum absolute atomic E-state index is 0.0512. The molecule has 0 aromatic heterocycles. The molecule has 1 aliphatic carbocycles. The highest BCUT2D eigenvalue weighted by atomic mass is 19.4. The predicted octanol–water partition coefficient (Wildman–Crippen LogP) is 5.92. The maximum absolute atomic E-state index is 13.2. The lowest BCUT2D eigenvalue weighted by Crippen LogP contribution is -2.52. The number of piperidine rings is 3. The Bertz CT molecular complexity index is 1060. The van der Waals surface area contributed by atoms with Crippen LogP contribution in [0.3, 0.4) is 0 Å². The summed E-state index contributed by atoms with van der Waals surface area (Å²) in [7, 11) is 0. The molecule has 3 heterocycles. The maximum atomic E-state index is 13.2. The Hall–Kier alpha value is -2.54. The number of rotatable bonds is 3. The fourth-order valence-electron chi connectivity index (χ4n) is 5.72. The van der Waals surface area contributed by atoms with Gasteiger partial charge in [-0.3, -0.25) is 4.90 Å². The zero-order valence-electron chi connectivity index (χ0n) is 18.9. The van der Waals surface area contributed by atoms with Crippen LogP contribution in [0.5, 0.6) is 0 Å². The second-order valence-corrected chi connectivity index (χ2v) is 10.2. The third-order valence-corrected chi connectivity index (χ3v) is 7.54. The van der Waals surface area contributed by atoms with Crippen LogP contribution in [0.25, 0.3) is 11.1 Å². The number of nitrogens with zero attached hydrogens (tertiary/aromatic N) is 1. The Morgan fingerprint density at radius 1 is 1.09 bits per heavy atom. The lowest BCUT2D eigenvalue weighted by atomic mass is 9.85. The minimum atomic E-state index is -4.38. The second kappa shape index (κ2) is 8.05. The van der Waals surface area contributed by atoms with E-state index in [1.807, 2.05) is 18.2 Å². The first kappa shape index (κ1) is 22.3. The third kappa shape index (κ3) is 4.35. The topological polar surface area (TPSA) is 41.6 Å². The van der Waals surface area contributed by atoms with Crippen LogP contribution in [0, 0.1) is 5.92 Å². The van der Waals surface area contributed by atoms with Gasteiger partial charge in [0.1, 0.15) is 6.10 Å². The highest BCUT2D eigenvalue weighted by Crippen LogP contribution is 2.46. The second-order valence-electron chi connectivity index (χ2n) is 10.2.